The summed E-state index contributed by atoms with van der Waals surface area (Å²) in [6.07, 6.45) is 1.09. The standard InChI is InChI=1S/C15H19N3O4S/c1-11-9-17(7-8-22-11)14(19)10-18-13-6-4-3-5-12(13)16-15(18)23(2,20)21/h3-6,11H,7-10H2,1-2H3/t11-/m1/s1. The molecule has 0 bridgehead atoms. The van der Waals surface area contributed by atoms with Gasteiger partial charge in [-0.1, -0.05) is 12.1 Å². The Labute approximate surface area is 134 Å². The molecule has 1 aromatic carbocycles. The number of nitrogens with zero attached hydrogens (tertiary/aromatic N) is 3. The lowest BCUT2D eigenvalue weighted by atomic mass is 10.3. The monoisotopic (exact) mass is 337 g/mol. The zero-order valence-electron chi connectivity index (χ0n) is 13.1. The number of morpholine rings is 1. The third kappa shape index (κ3) is 3.23. The van der Waals surface area contributed by atoms with Crippen molar-refractivity contribution in [1.82, 2.24) is 14.5 Å². The fourth-order valence-electron chi connectivity index (χ4n) is 2.77. The van der Waals surface area contributed by atoms with Crippen molar-refractivity contribution in [2.45, 2.75) is 24.7 Å². The molecule has 1 aliphatic heterocycles. The maximum absolute atomic E-state index is 12.6. The third-order valence-electron chi connectivity index (χ3n) is 3.84. The second-order valence-corrected chi connectivity index (χ2v) is 7.67. The van der Waals surface area contributed by atoms with Gasteiger partial charge in [-0.25, -0.2) is 13.4 Å². The van der Waals surface area contributed by atoms with Gasteiger partial charge in [-0.05, 0) is 19.1 Å². The van der Waals surface area contributed by atoms with Crippen LogP contribution in [0.4, 0.5) is 0 Å². The van der Waals surface area contributed by atoms with E-state index in [1.54, 1.807) is 29.2 Å². The molecule has 0 saturated carbocycles. The van der Waals surface area contributed by atoms with E-state index in [2.05, 4.69) is 4.98 Å². The molecule has 0 aliphatic carbocycles. The van der Waals surface area contributed by atoms with Crippen LogP contribution in [0.25, 0.3) is 11.0 Å². The number of carbonyl (C=O) groups excluding carboxylic acids is 1. The minimum absolute atomic E-state index is 0.0124. The van der Waals surface area contributed by atoms with Crippen LogP contribution in [0.1, 0.15) is 6.92 Å². The molecule has 124 valence electrons. The van der Waals surface area contributed by atoms with Gasteiger partial charge in [0.25, 0.3) is 0 Å². The highest BCUT2D eigenvalue weighted by Crippen LogP contribution is 2.20. The Kier molecular flexibility index (Phi) is 4.11. The molecule has 1 aliphatic rings. The molecule has 1 saturated heterocycles. The number of hydrogen-bond acceptors (Lipinski definition) is 5. The summed E-state index contributed by atoms with van der Waals surface area (Å²) in [5, 5.41) is -0.0756. The van der Waals surface area contributed by atoms with Crippen LogP contribution in [0, 0.1) is 0 Å². The highest BCUT2D eigenvalue weighted by Gasteiger charge is 2.25. The van der Waals surface area contributed by atoms with Gasteiger partial charge >= 0.3 is 0 Å². The average Bonchev–Trinajstić information content (AvgIpc) is 2.86. The van der Waals surface area contributed by atoms with Gasteiger partial charge in [-0.15, -0.1) is 0 Å². The molecule has 7 nitrogen and oxygen atoms in total. The van der Waals surface area contributed by atoms with Crippen molar-refractivity contribution in [3.63, 3.8) is 0 Å². The number of sulfone groups is 1. The van der Waals surface area contributed by atoms with Crippen molar-refractivity contribution in [2.24, 2.45) is 0 Å². The molecule has 1 aromatic heterocycles. The minimum atomic E-state index is -3.53. The Morgan fingerprint density at radius 3 is 2.83 bits per heavy atom. The highest BCUT2D eigenvalue weighted by atomic mass is 32.2. The van der Waals surface area contributed by atoms with Gasteiger partial charge in [0.05, 0.1) is 23.7 Å². The number of ether oxygens (including phenoxy) is 1. The number of carbonyl (C=O) groups is 1. The number of aromatic nitrogens is 2. The zero-order chi connectivity index (χ0) is 16.6. The van der Waals surface area contributed by atoms with Crippen LogP contribution in [0.3, 0.4) is 0 Å². The smallest absolute Gasteiger partial charge is 0.242 e. The number of benzene rings is 1. The average molecular weight is 337 g/mol. The van der Waals surface area contributed by atoms with Crippen LogP contribution in [-0.2, 0) is 25.9 Å². The third-order valence-corrected chi connectivity index (χ3v) is 4.81. The summed E-state index contributed by atoms with van der Waals surface area (Å²) in [6, 6.07) is 7.10. The topological polar surface area (TPSA) is 81.5 Å². The number of amides is 1. The molecular formula is C15H19N3O4S. The number of para-hydroxylation sites is 2. The van der Waals surface area contributed by atoms with Gasteiger partial charge < -0.3 is 14.2 Å². The van der Waals surface area contributed by atoms with E-state index in [0.717, 1.165) is 6.26 Å². The van der Waals surface area contributed by atoms with Crippen LogP contribution in [-0.4, -0.2) is 60.8 Å². The Hall–Kier alpha value is -1.93. The Morgan fingerprint density at radius 1 is 1.39 bits per heavy atom. The van der Waals surface area contributed by atoms with Crippen molar-refractivity contribution in [3.8, 4) is 0 Å². The van der Waals surface area contributed by atoms with Gasteiger partial charge in [0.15, 0.2) is 0 Å². The predicted octanol–water partition coefficient (Wildman–Crippen LogP) is 0.687. The van der Waals surface area contributed by atoms with E-state index in [0.29, 0.717) is 30.7 Å². The Morgan fingerprint density at radius 2 is 2.13 bits per heavy atom. The van der Waals surface area contributed by atoms with Crippen molar-refractivity contribution in [2.75, 3.05) is 26.0 Å². The first kappa shape index (κ1) is 15.9. The Balaban J connectivity index is 1.97. The lowest BCUT2D eigenvalue weighted by Gasteiger charge is -2.31. The molecular weight excluding hydrogens is 318 g/mol. The normalized spacial score (nSPS) is 19.2. The van der Waals surface area contributed by atoms with E-state index >= 15 is 0 Å². The van der Waals surface area contributed by atoms with E-state index in [1.165, 1.54) is 4.57 Å². The Bertz CT molecular complexity index is 844. The van der Waals surface area contributed by atoms with Crippen molar-refractivity contribution < 1.29 is 17.9 Å². The van der Waals surface area contributed by atoms with E-state index in [1.807, 2.05) is 6.92 Å². The van der Waals surface area contributed by atoms with Crippen LogP contribution < -0.4 is 0 Å². The van der Waals surface area contributed by atoms with Gasteiger partial charge in [-0.2, -0.15) is 0 Å². The lowest BCUT2D eigenvalue weighted by Crippen LogP contribution is -2.45. The minimum Gasteiger partial charge on any atom is -0.375 e. The summed E-state index contributed by atoms with van der Waals surface area (Å²) in [4.78, 5) is 18.4. The molecule has 23 heavy (non-hydrogen) atoms. The largest absolute Gasteiger partial charge is 0.375 e. The molecule has 1 atom stereocenters. The quantitative estimate of drug-likeness (QED) is 0.823. The first-order valence-electron chi connectivity index (χ1n) is 7.41. The first-order chi connectivity index (χ1) is 10.9. The molecule has 1 fully saturated rings. The summed E-state index contributed by atoms with van der Waals surface area (Å²) in [7, 11) is -3.53. The number of imidazole rings is 1. The first-order valence-corrected chi connectivity index (χ1v) is 9.30. The predicted molar refractivity (Wildman–Crippen MR) is 84.8 cm³/mol. The second-order valence-electron chi connectivity index (χ2n) is 5.76. The maximum atomic E-state index is 12.6. The van der Waals surface area contributed by atoms with Gasteiger partial charge in [-0.3, -0.25) is 4.79 Å². The molecule has 0 N–H and O–H groups in total. The van der Waals surface area contributed by atoms with Crippen molar-refractivity contribution >= 4 is 26.8 Å². The molecule has 1 amide bonds. The molecule has 8 heteroatoms. The number of hydrogen-bond donors (Lipinski definition) is 0. The fourth-order valence-corrected chi connectivity index (χ4v) is 3.60. The van der Waals surface area contributed by atoms with Gasteiger partial charge in [0, 0.05) is 19.3 Å². The fraction of sp³-hybridized carbons (Fsp3) is 0.467. The van der Waals surface area contributed by atoms with Gasteiger partial charge in [0.1, 0.15) is 6.54 Å². The summed E-state index contributed by atoms with van der Waals surface area (Å²) in [5.41, 5.74) is 1.21. The summed E-state index contributed by atoms with van der Waals surface area (Å²) >= 11 is 0. The molecule has 2 heterocycles. The van der Waals surface area contributed by atoms with Crippen LogP contribution in [0.15, 0.2) is 29.4 Å². The molecule has 2 aromatic rings. The molecule has 0 spiro atoms. The lowest BCUT2D eigenvalue weighted by molar-refractivity contribution is -0.138. The van der Waals surface area contributed by atoms with Crippen LogP contribution in [0.2, 0.25) is 0 Å². The highest BCUT2D eigenvalue weighted by molar-refractivity contribution is 7.90. The number of rotatable bonds is 3. The van der Waals surface area contributed by atoms with Crippen LogP contribution >= 0.6 is 0 Å². The van der Waals surface area contributed by atoms with Crippen LogP contribution in [0.5, 0.6) is 0 Å². The SMILES string of the molecule is C[C@@H]1CN(C(=O)Cn2c(S(C)(=O)=O)nc3ccccc32)CCO1. The zero-order valence-corrected chi connectivity index (χ0v) is 13.9. The molecule has 3 rings (SSSR count). The maximum Gasteiger partial charge on any atom is 0.242 e. The van der Waals surface area contributed by atoms with E-state index in [9.17, 15) is 13.2 Å². The summed E-state index contributed by atoms with van der Waals surface area (Å²) < 4.78 is 30.9. The summed E-state index contributed by atoms with van der Waals surface area (Å²) in [6.45, 7) is 3.39. The molecule has 0 unspecified atom stereocenters. The van der Waals surface area contributed by atoms with E-state index in [-0.39, 0.29) is 23.7 Å². The van der Waals surface area contributed by atoms with Gasteiger partial charge in [0.2, 0.25) is 20.9 Å². The summed E-state index contributed by atoms with van der Waals surface area (Å²) in [5.74, 6) is -0.131. The van der Waals surface area contributed by atoms with E-state index in [4.69, 9.17) is 4.74 Å². The van der Waals surface area contributed by atoms with Crippen molar-refractivity contribution in [1.29, 1.82) is 0 Å². The number of fused-ring (bicyclic) bond motifs is 1. The van der Waals surface area contributed by atoms with Crippen molar-refractivity contribution in [3.05, 3.63) is 24.3 Å². The second kappa shape index (κ2) is 5.93. The molecule has 0 radical (unpaired) electrons. The van der Waals surface area contributed by atoms with E-state index < -0.39 is 9.84 Å².